The van der Waals surface area contributed by atoms with Crippen LogP contribution < -0.4 is 30.7 Å². The fourth-order valence-corrected chi connectivity index (χ4v) is 4.22. The first-order chi connectivity index (χ1) is 20.2. The first-order valence-corrected chi connectivity index (χ1v) is 12.9. The monoisotopic (exact) mass is 569 g/mol. The summed E-state index contributed by atoms with van der Waals surface area (Å²) in [6.07, 6.45) is 1.35. The molecule has 4 N–H and O–H groups in total. The van der Waals surface area contributed by atoms with Crippen LogP contribution in [0.3, 0.4) is 0 Å². The van der Waals surface area contributed by atoms with Gasteiger partial charge in [0.05, 0.1) is 4.92 Å². The van der Waals surface area contributed by atoms with Gasteiger partial charge in [0.2, 0.25) is 5.95 Å². The zero-order chi connectivity index (χ0) is 29.8. The summed E-state index contributed by atoms with van der Waals surface area (Å²) in [6.45, 7) is 4.34. The molecular weight excluding hydrogens is 542 g/mol. The molecule has 2 amide bonds. The number of ether oxygens (including phenoxy) is 2. The van der Waals surface area contributed by atoms with Gasteiger partial charge in [-0.25, -0.2) is 4.98 Å². The Labute approximate surface area is 240 Å². The summed E-state index contributed by atoms with van der Waals surface area (Å²) in [5.74, 6) is 0.665. The van der Waals surface area contributed by atoms with E-state index >= 15 is 0 Å². The fourth-order valence-electron chi connectivity index (χ4n) is 4.22. The number of aryl methyl sites for hydroxylation is 2. The molecule has 0 fully saturated rings. The second kappa shape index (κ2) is 11.8. The largest absolute Gasteiger partial charge is 0.486 e. The Morgan fingerprint density at radius 3 is 2.38 bits per heavy atom. The Morgan fingerprint density at radius 2 is 1.62 bits per heavy atom. The van der Waals surface area contributed by atoms with Crippen molar-refractivity contribution in [2.75, 3.05) is 41.5 Å². The lowest BCUT2D eigenvalue weighted by molar-refractivity contribution is -0.385. The third-order valence-corrected chi connectivity index (χ3v) is 6.48. The molecule has 0 unspecified atom stereocenters. The van der Waals surface area contributed by atoms with Crippen LogP contribution in [-0.2, 0) is 0 Å². The Morgan fingerprint density at radius 1 is 0.881 bits per heavy atom. The zero-order valence-electron chi connectivity index (χ0n) is 23.0. The number of carbonyl (C=O) groups excluding carboxylic acids is 2. The standard InChI is InChI=1S/C29H27N7O6/c1-16-4-7-19(32-27(37)18-6-9-24-25(12-18)42-11-10-41-24)13-22(16)34-28(38)21-15-31-29(35-26(21)30-3)33-20-8-5-17(2)23(14-20)36(39)40/h4-9,12-15H,10-11H2,1-3H3,(H,32,37)(H,34,38)(H2,30,31,33,35). The Hall–Kier alpha value is -5.72. The van der Waals surface area contributed by atoms with Crippen LogP contribution in [0.15, 0.2) is 60.8 Å². The number of amides is 2. The van der Waals surface area contributed by atoms with E-state index in [1.807, 2.05) is 6.92 Å². The predicted octanol–water partition coefficient (Wildman–Crippen LogP) is 5.06. The smallest absolute Gasteiger partial charge is 0.274 e. The molecule has 1 aliphatic rings. The van der Waals surface area contributed by atoms with Gasteiger partial charge < -0.3 is 30.7 Å². The maximum Gasteiger partial charge on any atom is 0.274 e. The third-order valence-electron chi connectivity index (χ3n) is 6.48. The minimum atomic E-state index is -0.477. The Kier molecular flexibility index (Phi) is 7.82. The number of fused-ring (bicyclic) bond motifs is 1. The van der Waals surface area contributed by atoms with Gasteiger partial charge in [-0.05, 0) is 55.8 Å². The lowest BCUT2D eigenvalue weighted by Crippen LogP contribution is -2.18. The van der Waals surface area contributed by atoms with Gasteiger partial charge in [-0.2, -0.15) is 4.98 Å². The van der Waals surface area contributed by atoms with Crippen LogP contribution in [0.4, 0.5) is 34.5 Å². The molecule has 0 radical (unpaired) electrons. The number of rotatable bonds is 8. The summed E-state index contributed by atoms with van der Waals surface area (Å²) in [4.78, 5) is 45.5. The molecule has 0 spiro atoms. The molecule has 214 valence electrons. The van der Waals surface area contributed by atoms with Gasteiger partial charge in [-0.3, -0.25) is 19.7 Å². The van der Waals surface area contributed by atoms with Crippen molar-refractivity contribution in [3.63, 3.8) is 0 Å². The van der Waals surface area contributed by atoms with Crippen molar-refractivity contribution in [1.82, 2.24) is 9.97 Å². The summed E-state index contributed by atoms with van der Waals surface area (Å²) in [5.41, 5.74) is 3.22. The fraction of sp³-hybridized carbons (Fsp3) is 0.172. The van der Waals surface area contributed by atoms with Gasteiger partial charge >= 0.3 is 0 Å². The minimum Gasteiger partial charge on any atom is -0.486 e. The van der Waals surface area contributed by atoms with Gasteiger partial charge in [0.15, 0.2) is 11.5 Å². The molecule has 5 rings (SSSR count). The molecule has 0 saturated carbocycles. The number of nitro benzene ring substituents is 1. The van der Waals surface area contributed by atoms with Crippen molar-refractivity contribution in [2.45, 2.75) is 13.8 Å². The highest BCUT2D eigenvalue weighted by Crippen LogP contribution is 2.31. The summed E-state index contributed by atoms with van der Waals surface area (Å²) in [7, 11) is 1.61. The quantitative estimate of drug-likeness (QED) is 0.166. The second-order valence-electron chi connectivity index (χ2n) is 9.39. The van der Waals surface area contributed by atoms with Crippen LogP contribution in [0, 0.1) is 24.0 Å². The Bertz CT molecular complexity index is 1710. The van der Waals surface area contributed by atoms with E-state index in [0.717, 1.165) is 5.56 Å². The maximum absolute atomic E-state index is 13.2. The molecule has 0 atom stereocenters. The SMILES string of the molecule is CNc1nc(Nc2ccc(C)c([N+](=O)[O-])c2)ncc1C(=O)Nc1cc(NC(=O)c2ccc3c(c2)OCCO3)ccc1C. The van der Waals surface area contributed by atoms with E-state index in [1.165, 1.54) is 12.3 Å². The summed E-state index contributed by atoms with van der Waals surface area (Å²) in [5, 5.41) is 22.8. The normalized spacial score (nSPS) is 11.8. The van der Waals surface area contributed by atoms with E-state index in [0.29, 0.717) is 52.9 Å². The van der Waals surface area contributed by atoms with Crippen LogP contribution in [0.1, 0.15) is 31.8 Å². The number of nitrogens with zero attached hydrogens (tertiary/aromatic N) is 3. The minimum absolute atomic E-state index is 0.0371. The van der Waals surface area contributed by atoms with Gasteiger partial charge in [0.25, 0.3) is 17.5 Å². The number of hydrogen-bond acceptors (Lipinski definition) is 10. The molecule has 42 heavy (non-hydrogen) atoms. The van der Waals surface area contributed by atoms with Gasteiger partial charge in [-0.1, -0.05) is 12.1 Å². The van der Waals surface area contributed by atoms with E-state index < -0.39 is 10.8 Å². The van der Waals surface area contributed by atoms with Crippen molar-refractivity contribution >= 4 is 46.3 Å². The second-order valence-corrected chi connectivity index (χ2v) is 9.39. The molecule has 0 saturated heterocycles. The van der Waals surface area contributed by atoms with Crippen LogP contribution in [0.2, 0.25) is 0 Å². The lowest BCUT2D eigenvalue weighted by atomic mass is 10.1. The van der Waals surface area contributed by atoms with Crippen LogP contribution >= 0.6 is 0 Å². The van der Waals surface area contributed by atoms with Gasteiger partial charge in [0, 0.05) is 47.5 Å². The number of nitrogens with one attached hydrogen (secondary N) is 4. The van der Waals surface area contributed by atoms with Crippen molar-refractivity contribution < 1.29 is 24.0 Å². The van der Waals surface area contributed by atoms with Gasteiger partial charge in [-0.15, -0.1) is 0 Å². The predicted molar refractivity (Wildman–Crippen MR) is 157 cm³/mol. The van der Waals surface area contributed by atoms with Gasteiger partial charge in [0.1, 0.15) is 24.6 Å². The number of aromatic nitrogens is 2. The van der Waals surface area contributed by atoms with Crippen LogP contribution in [-0.4, -0.2) is 47.0 Å². The maximum atomic E-state index is 13.2. The van der Waals surface area contributed by atoms with Crippen molar-refractivity contribution in [2.24, 2.45) is 0 Å². The highest BCUT2D eigenvalue weighted by molar-refractivity contribution is 6.09. The van der Waals surface area contributed by atoms with Crippen molar-refractivity contribution in [3.8, 4) is 11.5 Å². The van der Waals surface area contributed by atoms with Crippen molar-refractivity contribution in [3.05, 3.63) is 93.2 Å². The first kappa shape index (κ1) is 27.8. The van der Waals surface area contributed by atoms with Crippen LogP contribution in [0.25, 0.3) is 0 Å². The topological polar surface area (TPSA) is 170 Å². The van der Waals surface area contributed by atoms with E-state index in [1.54, 1.807) is 62.5 Å². The van der Waals surface area contributed by atoms with Crippen molar-refractivity contribution in [1.29, 1.82) is 0 Å². The van der Waals surface area contributed by atoms with E-state index in [4.69, 9.17) is 9.47 Å². The molecule has 1 aromatic heterocycles. The molecule has 1 aliphatic heterocycles. The van der Waals surface area contributed by atoms with E-state index in [9.17, 15) is 19.7 Å². The molecule has 3 aromatic carbocycles. The number of benzene rings is 3. The Balaban J connectivity index is 1.30. The van der Waals surface area contributed by atoms with Crippen LogP contribution in [0.5, 0.6) is 11.5 Å². The molecule has 13 nitrogen and oxygen atoms in total. The van der Waals surface area contributed by atoms with E-state index in [2.05, 4.69) is 31.2 Å². The molecule has 4 aromatic rings. The third kappa shape index (κ3) is 6.04. The summed E-state index contributed by atoms with van der Waals surface area (Å²) in [6, 6.07) is 14.8. The van der Waals surface area contributed by atoms with E-state index in [-0.39, 0.29) is 28.9 Å². The first-order valence-electron chi connectivity index (χ1n) is 12.9. The summed E-state index contributed by atoms with van der Waals surface area (Å²) < 4.78 is 11.1. The number of anilines is 5. The highest BCUT2D eigenvalue weighted by Gasteiger charge is 2.18. The lowest BCUT2D eigenvalue weighted by Gasteiger charge is -2.18. The molecular formula is C29H27N7O6. The highest BCUT2D eigenvalue weighted by atomic mass is 16.6. The summed E-state index contributed by atoms with van der Waals surface area (Å²) >= 11 is 0. The average molecular weight is 570 g/mol. The number of carbonyl (C=O) groups is 2. The zero-order valence-corrected chi connectivity index (χ0v) is 23.0. The number of nitro groups is 1. The average Bonchev–Trinajstić information content (AvgIpc) is 2.99. The molecule has 13 heteroatoms. The molecule has 2 heterocycles. The number of hydrogen-bond donors (Lipinski definition) is 4. The molecule has 0 bridgehead atoms. The molecule has 0 aliphatic carbocycles.